The van der Waals surface area contributed by atoms with Gasteiger partial charge in [0.1, 0.15) is 5.82 Å². The normalized spacial score (nSPS) is 15.0. The fourth-order valence-electron chi connectivity index (χ4n) is 4.15. The lowest BCUT2D eigenvalue weighted by Crippen LogP contribution is -2.46. The molecule has 2 heterocycles. The summed E-state index contributed by atoms with van der Waals surface area (Å²) in [6.45, 7) is 7.85. The van der Waals surface area contributed by atoms with Crippen molar-refractivity contribution in [2.24, 2.45) is 16.1 Å². The van der Waals surface area contributed by atoms with Crippen LogP contribution in [-0.4, -0.2) is 46.9 Å². The molecule has 0 radical (unpaired) electrons. The first-order valence-electron chi connectivity index (χ1n) is 10.9. The quantitative estimate of drug-likeness (QED) is 0.183. The molecule has 0 saturated carbocycles. The summed E-state index contributed by atoms with van der Waals surface area (Å²) in [7, 11) is 0. The van der Waals surface area contributed by atoms with Gasteiger partial charge in [-0.15, -0.1) is 5.11 Å². The highest BCUT2D eigenvalue weighted by Gasteiger charge is 2.22. The highest BCUT2D eigenvalue weighted by molar-refractivity contribution is 6.04. The Hall–Kier alpha value is -3.85. The van der Waals surface area contributed by atoms with Crippen molar-refractivity contribution in [2.75, 3.05) is 31.1 Å². The Morgan fingerprint density at radius 2 is 1.94 bits per heavy atom. The zero-order valence-corrected chi connectivity index (χ0v) is 18.9. The molecule has 1 aliphatic rings. The molecule has 1 aromatic heterocycles. The van der Waals surface area contributed by atoms with E-state index in [4.69, 9.17) is 11.4 Å². The molecule has 0 amide bonds. The van der Waals surface area contributed by atoms with E-state index < -0.39 is 0 Å². The van der Waals surface area contributed by atoms with Crippen molar-refractivity contribution in [3.05, 3.63) is 75.3 Å². The summed E-state index contributed by atoms with van der Waals surface area (Å²) in [5.41, 5.74) is 12.0. The van der Waals surface area contributed by atoms with Crippen LogP contribution in [0.1, 0.15) is 30.8 Å². The number of amidine groups is 1. The van der Waals surface area contributed by atoms with Gasteiger partial charge in [-0.05, 0) is 43.7 Å². The van der Waals surface area contributed by atoms with Crippen LogP contribution >= 0.6 is 0 Å². The molecule has 9 heteroatoms. The van der Waals surface area contributed by atoms with Crippen molar-refractivity contribution in [3.63, 3.8) is 0 Å². The molecule has 170 valence electrons. The highest BCUT2D eigenvalue weighted by Crippen LogP contribution is 2.26. The molecular formula is C24H28N8O. The lowest BCUT2D eigenvalue weighted by molar-refractivity contribution is 0.244. The van der Waals surface area contributed by atoms with Crippen LogP contribution < -0.4 is 16.3 Å². The highest BCUT2D eigenvalue weighted by atomic mass is 16.1. The van der Waals surface area contributed by atoms with E-state index in [2.05, 4.69) is 56.0 Å². The Bertz CT molecular complexity index is 1280. The average Bonchev–Trinajstić information content (AvgIpc) is 2.81. The van der Waals surface area contributed by atoms with E-state index in [0.29, 0.717) is 23.3 Å². The van der Waals surface area contributed by atoms with Crippen molar-refractivity contribution in [3.8, 4) is 0 Å². The topological polar surface area (TPSA) is 127 Å². The maximum atomic E-state index is 12.4. The first-order chi connectivity index (χ1) is 16.0. The molecule has 0 spiro atoms. The number of rotatable bonds is 5. The van der Waals surface area contributed by atoms with Gasteiger partial charge >= 0.3 is 0 Å². The molecule has 1 fully saturated rings. The summed E-state index contributed by atoms with van der Waals surface area (Å²) < 4.78 is 0. The van der Waals surface area contributed by atoms with Crippen LogP contribution in [0.15, 0.2) is 63.0 Å². The zero-order valence-electron chi connectivity index (χ0n) is 18.9. The number of hydrazone groups is 1. The Morgan fingerprint density at radius 1 is 1.18 bits per heavy atom. The van der Waals surface area contributed by atoms with Crippen LogP contribution in [0.25, 0.3) is 17.0 Å². The number of benzene rings is 2. The molecule has 4 N–H and O–H groups in total. The third-order valence-electron chi connectivity index (χ3n) is 5.69. The molecule has 0 atom stereocenters. The van der Waals surface area contributed by atoms with Gasteiger partial charge in [-0.25, -0.2) is 10.5 Å². The Kier molecular flexibility index (Phi) is 6.60. The minimum atomic E-state index is -0.109. The van der Waals surface area contributed by atoms with Gasteiger partial charge in [0.25, 0.3) is 5.56 Å². The number of hydrogen-bond donors (Lipinski definition) is 3. The Labute approximate surface area is 192 Å². The van der Waals surface area contributed by atoms with Crippen LogP contribution in [0.2, 0.25) is 0 Å². The smallest absolute Gasteiger partial charge is 0.258 e. The number of nitrogens with zero attached hydrogens (tertiary/aromatic N) is 5. The number of nitrogens with two attached hydrogens (primary N) is 1. The van der Waals surface area contributed by atoms with Gasteiger partial charge < -0.3 is 15.7 Å². The van der Waals surface area contributed by atoms with Gasteiger partial charge in [-0.1, -0.05) is 29.8 Å². The first kappa shape index (κ1) is 22.3. The van der Waals surface area contributed by atoms with E-state index in [1.54, 1.807) is 6.07 Å². The number of H-pyrrole nitrogens is 1. The lowest BCUT2D eigenvalue weighted by Gasteiger charge is -2.36. The predicted octanol–water partition coefficient (Wildman–Crippen LogP) is 3.32. The van der Waals surface area contributed by atoms with E-state index in [-0.39, 0.29) is 11.4 Å². The van der Waals surface area contributed by atoms with Crippen molar-refractivity contribution in [2.45, 2.75) is 20.4 Å². The fourth-order valence-corrected chi connectivity index (χ4v) is 4.15. The Balaban J connectivity index is 1.53. The largest absolute Gasteiger partial charge is 0.368 e. The van der Waals surface area contributed by atoms with E-state index in [0.717, 1.165) is 43.0 Å². The summed E-state index contributed by atoms with van der Waals surface area (Å²) in [5.74, 6) is 6.36. The van der Waals surface area contributed by atoms with E-state index >= 15 is 0 Å². The van der Waals surface area contributed by atoms with Gasteiger partial charge in [0.2, 0.25) is 5.84 Å². The molecule has 9 nitrogen and oxygen atoms in total. The number of nitrogens with one attached hydrogen (secondary N) is 2. The maximum Gasteiger partial charge on any atom is 0.258 e. The predicted molar refractivity (Wildman–Crippen MR) is 131 cm³/mol. The minimum absolute atomic E-state index is 0.109. The number of aromatic nitrogens is 2. The number of piperazine rings is 1. The summed E-state index contributed by atoms with van der Waals surface area (Å²) in [6, 6.07) is 13.4. The number of fused-ring (bicyclic) bond motifs is 1. The summed E-state index contributed by atoms with van der Waals surface area (Å²) in [5, 5.41) is 7.81. The van der Waals surface area contributed by atoms with E-state index in [1.165, 1.54) is 5.57 Å². The molecule has 33 heavy (non-hydrogen) atoms. The third kappa shape index (κ3) is 4.98. The number of anilines is 1. The van der Waals surface area contributed by atoms with Crippen molar-refractivity contribution < 1.29 is 0 Å². The number of allylic oxidation sites excluding steroid dienone is 1. The first-order valence-corrected chi connectivity index (χ1v) is 10.9. The van der Waals surface area contributed by atoms with Crippen LogP contribution in [0.3, 0.4) is 0 Å². The van der Waals surface area contributed by atoms with Gasteiger partial charge in [0.05, 0.1) is 17.4 Å². The van der Waals surface area contributed by atoms with E-state index in [1.807, 2.05) is 30.3 Å². The molecule has 4 rings (SSSR count). The average molecular weight is 445 g/mol. The van der Waals surface area contributed by atoms with Crippen LogP contribution in [0.5, 0.6) is 0 Å². The third-order valence-corrected chi connectivity index (χ3v) is 5.69. The monoisotopic (exact) mass is 444 g/mol. The fraction of sp³-hybridized carbons (Fsp3) is 0.292. The van der Waals surface area contributed by atoms with Crippen LogP contribution in [-0.2, 0) is 6.54 Å². The molecule has 1 saturated heterocycles. The second kappa shape index (κ2) is 9.74. The van der Waals surface area contributed by atoms with Gasteiger partial charge in [-0.2, -0.15) is 5.10 Å². The van der Waals surface area contributed by atoms with Crippen molar-refractivity contribution in [1.29, 1.82) is 5.53 Å². The Morgan fingerprint density at radius 3 is 2.64 bits per heavy atom. The number of aromatic amines is 1. The molecule has 3 aromatic rings. The van der Waals surface area contributed by atoms with Crippen molar-refractivity contribution in [1.82, 2.24) is 14.9 Å². The van der Waals surface area contributed by atoms with Crippen molar-refractivity contribution >= 4 is 28.5 Å². The molecule has 0 unspecified atom stereocenters. The number of hydrogen-bond acceptors (Lipinski definition) is 7. The summed E-state index contributed by atoms with van der Waals surface area (Å²) in [6.07, 6.45) is 2.11. The molecule has 0 aliphatic carbocycles. The SMILES string of the molecule is CC(C)=Cc1ccc(/C(N=N)=N/N)c(N2CCN(Cc3nc4ccccc4c(=O)[nH]3)CC2)c1. The van der Waals surface area contributed by atoms with Crippen LogP contribution in [0, 0.1) is 5.53 Å². The molecule has 2 aromatic carbocycles. The van der Waals surface area contributed by atoms with Crippen LogP contribution in [0.4, 0.5) is 5.69 Å². The van der Waals surface area contributed by atoms with Gasteiger partial charge in [0, 0.05) is 37.4 Å². The standard InChI is InChI=1S/C24H28N8O/c1-16(2)13-17-7-8-19(23(29-25)30-26)21(14-17)32-11-9-31(10-12-32)15-22-27-20-6-4-3-5-18(20)24(33)28-22/h3-8,13-14,25H,9-12,15,26H2,1-2H3,(H,27,28,33)/b29-25?,30-23-. The summed E-state index contributed by atoms with van der Waals surface area (Å²) >= 11 is 0. The molecular weight excluding hydrogens is 416 g/mol. The molecule has 0 bridgehead atoms. The second-order valence-corrected chi connectivity index (χ2v) is 8.36. The molecule has 1 aliphatic heterocycles. The van der Waals surface area contributed by atoms with E-state index in [9.17, 15) is 4.79 Å². The lowest BCUT2D eigenvalue weighted by atomic mass is 10.0. The minimum Gasteiger partial charge on any atom is -0.368 e. The summed E-state index contributed by atoms with van der Waals surface area (Å²) in [4.78, 5) is 24.5. The maximum absolute atomic E-state index is 12.4. The van der Waals surface area contributed by atoms with Gasteiger partial charge in [-0.3, -0.25) is 9.69 Å². The zero-order chi connectivity index (χ0) is 23.4. The second-order valence-electron chi connectivity index (χ2n) is 8.36. The van der Waals surface area contributed by atoms with Gasteiger partial charge in [0.15, 0.2) is 0 Å². The number of para-hydroxylation sites is 1.